The molecule has 1 saturated heterocycles. The highest BCUT2D eigenvalue weighted by Crippen LogP contribution is 2.29. The number of amides is 3. The number of nitrogens with zero attached hydrogens (tertiary/aromatic N) is 2. The molecule has 0 spiro atoms. The number of nitriles is 1. The Kier molecular flexibility index (Phi) is 3.95. The second-order valence-electron chi connectivity index (χ2n) is 6.47. The van der Waals surface area contributed by atoms with Gasteiger partial charge in [-0.2, -0.15) is 5.26 Å². The van der Waals surface area contributed by atoms with E-state index in [-0.39, 0.29) is 11.9 Å². The number of hydrogen-bond acceptors (Lipinski definition) is 3. The molecule has 2 heterocycles. The summed E-state index contributed by atoms with van der Waals surface area (Å²) in [7, 11) is 0. The van der Waals surface area contributed by atoms with Gasteiger partial charge in [-0.1, -0.05) is 6.07 Å². The SMILES string of the molecule is CC1(C#N)CCCN(C(=O)Nc2cccc3c2CCNC3=O)C1. The maximum Gasteiger partial charge on any atom is 0.321 e. The van der Waals surface area contributed by atoms with Crippen LogP contribution in [0.2, 0.25) is 0 Å². The number of carbonyl (C=O) groups is 2. The standard InChI is InChI=1S/C17H20N4O2/c1-17(10-18)7-3-9-21(11-17)16(23)20-14-5-2-4-13-12(14)6-8-19-15(13)22/h2,4-5H,3,6-9,11H2,1H3,(H,19,22)(H,20,23). The molecule has 0 bridgehead atoms. The van der Waals surface area contributed by atoms with Crippen LogP contribution in [-0.4, -0.2) is 36.5 Å². The zero-order valence-electron chi connectivity index (χ0n) is 13.2. The van der Waals surface area contributed by atoms with E-state index in [0.29, 0.717) is 37.3 Å². The number of anilines is 1. The van der Waals surface area contributed by atoms with Crippen molar-refractivity contribution in [3.05, 3.63) is 29.3 Å². The van der Waals surface area contributed by atoms with E-state index in [1.807, 2.05) is 13.0 Å². The van der Waals surface area contributed by atoms with Crippen molar-refractivity contribution < 1.29 is 9.59 Å². The number of rotatable bonds is 1. The average Bonchev–Trinajstić information content (AvgIpc) is 2.56. The van der Waals surface area contributed by atoms with Crippen LogP contribution in [0.15, 0.2) is 18.2 Å². The lowest BCUT2D eigenvalue weighted by molar-refractivity contribution is 0.0946. The van der Waals surface area contributed by atoms with E-state index < -0.39 is 5.41 Å². The molecule has 0 saturated carbocycles. The minimum atomic E-state index is -0.481. The highest BCUT2D eigenvalue weighted by Gasteiger charge is 2.33. The molecule has 0 aromatic heterocycles. The zero-order valence-corrected chi connectivity index (χ0v) is 13.2. The van der Waals surface area contributed by atoms with Crippen molar-refractivity contribution in [2.75, 3.05) is 25.0 Å². The van der Waals surface area contributed by atoms with Crippen molar-refractivity contribution in [2.45, 2.75) is 26.2 Å². The lowest BCUT2D eigenvalue weighted by Crippen LogP contribution is -2.46. The number of urea groups is 1. The van der Waals surface area contributed by atoms with Crippen LogP contribution in [0.1, 0.15) is 35.7 Å². The fourth-order valence-corrected chi connectivity index (χ4v) is 3.28. The molecule has 6 heteroatoms. The van der Waals surface area contributed by atoms with Gasteiger partial charge in [0.15, 0.2) is 0 Å². The Labute approximate surface area is 135 Å². The lowest BCUT2D eigenvalue weighted by Gasteiger charge is -2.36. The van der Waals surface area contributed by atoms with Gasteiger partial charge >= 0.3 is 6.03 Å². The Morgan fingerprint density at radius 2 is 2.30 bits per heavy atom. The predicted octanol–water partition coefficient (Wildman–Crippen LogP) is 2.13. The van der Waals surface area contributed by atoms with E-state index in [1.165, 1.54) is 0 Å². The number of likely N-dealkylation sites (tertiary alicyclic amines) is 1. The van der Waals surface area contributed by atoms with E-state index in [9.17, 15) is 14.9 Å². The highest BCUT2D eigenvalue weighted by atomic mass is 16.2. The molecule has 3 rings (SSSR count). The number of benzene rings is 1. The molecule has 2 N–H and O–H groups in total. The maximum absolute atomic E-state index is 12.5. The molecule has 3 amide bonds. The van der Waals surface area contributed by atoms with Gasteiger partial charge in [-0.05, 0) is 43.9 Å². The van der Waals surface area contributed by atoms with Gasteiger partial charge in [0, 0.05) is 30.9 Å². The fourth-order valence-electron chi connectivity index (χ4n) is 3.28. The summed E-state index contributed by atoms with van der Waals surface area (Å²) in [6, 6.07) is 7.47. The van der Waals surface area contributed by atoms with Crippen LogP contribution in [0.25, 0.3) is 0 Å². The van der Waals surface area contributed by atoms with Crippen LogP contribution in [0, 0.1) is 16.7 Å². The van der Waals surface area contributed by atoms with E-state index in [4.69, 9.17) is 0 Å². The molecule has 1 atom stereocenters. The van der Waals surface area contributed by atoms with Crippen LogP contribution in [-0.2, 0) is 6.42 Å². The van der Waals surface area contributed by atoms with Gasteiger partial charge in [0.2, 0.25) is 0 Å². The van der Waals surface area contributed by atoms with Crippen LogP contribution in [0.3, 0.4) is 0 Å². The van der Waals surface area contributed by atoms with Gasteiger partial charge in [0.1, 0.15) is 0 Å². The molecule has 2 aliphatic rings. The molecule has 1 aromatic carbocycles. The first kappa shape index (κ1) is 15.3. The van der Waals surface area contributed by atoms with Crippen LogP contribution in [0.5, 0.6) is 0 Å². The second-order valence-corrected chi connectivity index (χ2v) is 6.47. The summed E-state index contributed by atoms with van der Waals surface area (Å²) in [5, 5.41) is 15.0. The summed E-state index contributed by atoms with van der Waals surface area (Å²) in [4.78, 5) is 26.1. The number of carbonyl (C=O) groups excluding carboxylic acids is 2. The normalized spacial score (nSPS) is 23.5. The Bertz CT molecular complexity index is 694. The molecule has 1 unspecified atom stereocenters. The quantitative estimate of drug-likeness (QED) is 0.833. The summed E-state index contributed by atoms with van der Waals surface area (Å²) in [5.41, 5.74) is 1.71. The third-order valence-corrected chi connectivity index (χ3v) is 4.58. The van der Waals surface area contributed by atoms with Crippen molar-refractivity contribution >= 4 is 17.6 Å². The topological polar surface area (TPSA) is 85.2 Å². The Balaban J connectivity index is 1.78. The van der Waals surface area contributed by atoms with Gasteiger partial charge in [0.05, 0.1) is 11.5 Å². The summed E-state index contributed by atoms with van der Waals surface area (Å²) in [6.07, 6.45) is 2.34. The van der Waals surface area contributed by atoms with Crippen molar-refractivity contribution in [2.24, 2.45) is 5.41 Å². The summed E-state index contributed by atoms with van der Waals surface area (Å²) < 4.78 is 0. The molecule has 1 fully saturated rings. The molecule has 0 aliphatic carbocycles. The van der Waals surface area contributed by atoms with Gasteiger partial charge < -0.3 is 15.5 Å². The molecular formula is C17H20N4O2. The third-order valence-electron chi connectivity index (χ3n) is 4.58. The maximum atomic E-state index is 12.5. The van der Waals surface area contributed by atoms with Gasteiger partial charge in [-0.25, -0.2) is 4.79 Å². The Morgan fingerprint density at radius 3 is 3.09 bits per heavy atom. The zero-order chi connectivity index (χ0) is 16.4. The van der Waals surface area contributed by atoms with Crippen molar-refractivity contribution in [1.29, 1.82) is 5.26 Å². The van der Waals surface area contributed by atoms with Crippen molar-refractivity contribution in [3.63, 3.8) is 0 Å². The summed E-state index contributed by atoms with van der Waals surface area (Å²) in [5.74, 6) is -0.0997. The molecule has 2 aliphatic heterocycles. The van der Waals surface area contributed by atoms with Crippen LogP contribution in [0.4, 0.5) is 10.5 Å². The molecule has 1 aromatic rings. The highest BCUT2D eigenvalue weighted by molar-refractivity contribution is 6.00. The number of nitrogens with one attached hydrogen (secondary N) is 2. The monoisotopic (exact) mass is 312 g/mol. The number of fused-ring (bicyclic) bond motifs is 1. The number of piperidine rings is 1. The van der Waals surface area contributed by atoms with E-state index in [0.717, 1.165) is 18.4 Å². The fraction of sp³-hybridized carbons (Fsp3) is 0.471. The largest absolute Gasteiger partial charge is 0.352 e. The summed E-state index contributed by atoms with van der Waals surface area (Å²) >= 11 is 0. The van der Waals surface area contributed by atoms with Gasteiger partial charge in [-0.15, -0.1) is 0 Å². The Hall–Kier alpha value is -2.55. The Morgan fingerprint density at radius 1 is 1.48 bits per heavy atom. The molecule has 0 radical (unpaired) electrons. The summed E-state index contributed by atoms with van der Waals surface area (Å²) in [6.45, 7) is 3.56. The minimum Gasteiger partial charge on any atom is -0.352 e. The third kappa shape index (κ3) is 3.00. The second kappa shape index (κ2) is 5.92. The molecule has 6 nitrogen and oxygen atoms in total. The number of hydrogen-bond donors (Lipinski definition) is 2. The van der Waals surface area contributed by atoms with Crippen molar-refractivity contribution in [3.8, 4) is 6.07 Å². The van der Waals surface area contributed by atoms with Crippen LogP contribution >= 0.6 is 0 Å². The van der Waals surface area contributed by atoms with E-state index >= 15 is 0 Å². The molecule has 120 valence electrons. The average molecular weight is 312 g/mol. The molecule has 23 heavy (non-hydrogen) atoms. The molecular weight excluding hydrogens is 292 g/mol. The van der Waals surface area contributed by atoms with E-state index in [2.05, 4.69) is 16.7 Å². The van der Waals surface area contributed by atoms with Gasteiger partial charge in [-0.3, -0.25) is 4.79 Å². The van der Waals surface area contributed by atoms with Gasteiger partial charge in [0.25, 0.3) is 5.91 Å². The predicted molar refractivity (Wildman–Crippen MR) is 86.0 cm³/mol. The first-order chi connectivity index (χ1) is 11.0. The smallest absolute Gasteiger partial charge is 0.321 e. The van der Waals surface area contributed by atoms with E-state index in [1.54, 1.807) is 17.0 Å². The lowest BCUT2D eigenvalue weighted by atomic mass is 9.84. The first-order valence-corrected chi connectivity index (χ1v) is 7.90. The van der Waals surface area contributed by atoms with Crippen molar-refractivity contribution in [1.82, 2.24) is 10.2 Å². The van der Waals surface area contributed by atoms with Crippen LogP contribution < -0.4 is 10.6 Å². The minimum absolute atomic E-state index is 0.0997. The first-order valence-electron chi connectivity index (χ1n) is 7.90.